The molecule has 0 fully saturated rings. The van der Waals surface area contributed by atoms with Gasteiger partial charge in [-0.25, -0.2) is 0 Å². The fourth-order valence-electron chi connectivity index (χ4n) is 5.17. The van der Waals surface area contributed by atoms with Gasteiger partial charge in [-0.05, 0) is 48.0 Å². The van der Waals surface area contributed by atoms with E-state index in [0.29, 0.717) is 57.8 Å². The average Bonchev–Trinajstić information content (AvgIpc) is 3.34. The van der Waals surface area contributed by atoms with E-state index in [4.69, 9.17) is 28.4 Å². The summed E-state index contributed by atoms with van der Waals surface area (Å²) in [6.45, 7) is 0.349. The number of pyridine rings is 1. The van der Waals surface area contributed by atoms with Gasteiger partial charge < -0.3 is 28.4 Å². The number of hydrogen-bond donors (Lipinski definition) is 0. The van der Waals surface area contributed by atoms with Crippen LogP contribution >= 0.6 is 0 Å². The molecule has 1 atom stereocenters. The van der Waals surface area contributed by atoms with Crippen molar-refractivity contribution in [2.75, 3.05) is 21.3 Å². The van der Waals surface area contributed by atoms with Crippen molar-refractivity contribution in [1.29, 1.82) is 0 Å². The van der Waals surface area contributed by atoms with E-state index in [0.717, 1.165) is 11.1 Å². The van der Waals surface area contributed by atoms with E-state index >= 15 is 0 Å². The number of fused-ring (bicyclic) bond motifs is 3. The molecule has 3 heterocycles. The van der Waals surface area contributed by atoms with Crippen molar-refractivity contribution in [2.45, 2.75) is 18.9 Å². The lowest BCUT2D eigenvalue weighted by Crippen LogP contribution is -2.21. The molecule has 0 aliphatic carbocycles. The Morgan fingerprint density at radius 1 is 0.905 bits per heavy atom. The zero-order valence-electron chi connectivity index (χ0n) is 23.2. The lowest BCUT2D eigenvalue weighted by molar-refractivity contribution is -0.135. The van der Waals surface area contributed by atoms with Gasteiger partial charge in [0.15, 0.2) is 17.3 Å². The van der Waals surface area contributed by atoms with Gasteiger partial charge in [0.05, 0.1) is 33.3 Å². The summed E-state index contributed by atoms with van der Waals surface area (Å²) in [6.07, 6.45) is 5.14. The molecule has 0 saturated carbocycles. The van der Waals surface area contributed by atoms with E-state index in [2.05, 4.69) is 4.98 Å². The van der Waals surface area contributed by atoms with E-state index < -0.39 is 5.92 Å². The molecule has 0 saturated heterocycles. The van der Waals surface area contributed by atoms with Crippen LogP contribution in [0.2, 0.25) is 0 Å². The van der Waals surface area contributed by atoms with E-state index in [1.807, 2.05) is 36.4 Å². The topological polar surface area (TPSA) is 102 Å². The van der Waals surface area contributed by atoms with Gasteiger partial charge in [0, 0.05) is 41.1 Å². The number of allylic oxidation sites excluding steroid dienone is 1. The molecule has 9 heteroatoms. The van der Waals surface area contributed by atoms with Crippen molar-refractivity contribution in [3.05, 3.63) is 107 Å². The minimum atomic E-state index is -0.416. The van der Waals surface area contributed by atoms with Gasteiger partial charge in [-0.2, -0.15) is 0 Å². The number of Topliss-reactive ketones (excluding diaryl/α,β-unsaturated/α-hetero) is 1. The van der Waals surface area contributed by atoms with Gasteiger partial charge in [-0.15, -0.1) is 0 Å². The van der Waals surface area contributed by atoms with E-state index in [1.165, 1.54) is 21.3 Å². The summed E-state index contributed by atoms with van der Waals surface area (Å²) in [4.78, 5) is 30.3. The molecule has 2 aliphatic rings. The maximum Gasteiger partial charge on any atom is 0.312 e. The predicted molar refractivity (Wildman–Crippen MR) is 153 cm³/mol. The second-order valence-electron chi connectivity index (χ2n) is 9.70. The standard InChI is InChI=1S/C33H27NO8/c1-37-26-16-28(39-3)27(38-2)13-21(26)14-29-32(36)23-9-10-25-31(33(23)42-29)24(15-30(35)41-25)20-7-4-8-22(12-20)40-18-19-6-5-11-34-17-19/h4-14,16-17,24H,15,18H2,1-3H3/b29-14-. The number of nitrogens with zero attached hydrogens (tertiary/aromatic N) is 1. The van der Waals surface area contributed by atoms with Crippen LogP contribution in [0.25, 0.3) is 6.08 Å². The van der Waals surface area contributed by atoms with Crippen LogP contribution in [0.5, 0.6) is 34.5 Å². The Kier molecular flexibility index (Phi) is 7.23. The third kappa shape index (κ3) is 5.01. The molecule has 42 heavy (non-hydrogen) atoms. The summed E-state index contributed by atoms with van der Waals surface area (Å²) in [7, 11) is 4.59. The SMILES string of the molecule is COc1cc(OC)c(OC)cc1/C=C1\Oc2c(ccc3c2C(c2cccc(OCc4cccnc4)c2)CC(=O)O3)C1=O. The quantitative estimate of drug-likeness (QED) is 0.150. The number of hydrogen-bond acceptors (Lipinski definition) is 9. The molecule has 0 amide bonds. The third-order valence-electron chi connectivity index (χ3n) is 7.19. The molecule has 0 spiro atoms. The first-order valence-corrected chi connectivity index (χ1v) is 13.2. The van der Waals surface area contributed by atoms with Crippen LogP contribution in [0.15, 0.2) is 78.8 Å². The summed E-state index contributed by atoms with van der Waals surface area (Å²) in [5.74, 6) is 1.82. The summed E-state index contributed by atoms with van der Waals surface area (Å²) < 4.78 is 34.2. The highest BCUT2D eigenvalue weighted by Gasteiger charge is 2.38. The number of benzene rings is 3. The highest BCUT2D eigenvalue weighted by Crippen LogP contribution is 2.49. The molecule has 2 aliphatic heterocycles. The van der Waals surface area contributed by atoms with Crippen LogP contribution in [0, 0.1) is 0 Å². The number of methoxy groups -OCH3 is 3. The molecule has 1 aromatic heterocycles. The highest BCUT2D eigenvalue weighted by atomic mass is 16.5. The molecule has 0 N–H and O–H groups in total. The molecule has 6 rings (SSSR count). The number of ketones is 1. The number of esters is 1. The molecule has 3 aromatic carbocycles. The maximum atomic E-state index is 13.5. The number of rotatable bonds is 8. The predicted octanol–water partition coefficient (Wildman–Crippen LogP) is 5.74. The Hall–Kier alpha value is -5.31. The average molecular weight is 566 g/mol. The second-order valence-corrected chi connectivity index (χ2v) is 9.70. The van der Waals surface area contributed by atoms with Crippen LogP contribution in [0.3, 0.4) is 0 Å². The minimum absolute atomic E-state index is 0.0790. The third-order valence-corrected chi connectivity index (χ3v) is 7.19. The van der Waals surface area contributed by atoms with Crippen LogP contribution in [-0.2, 0) is 11.4 Å². The monoisotopic (exact) mass is 565 g/mol. The van der Waals surface area contributed by atoms with Crippen LogP contribution in [0.1, 0.15) is 45.0 Å². The van der Waals surface area contributed by atoms with E-state index in [9.17, 15) is 9.59 Å². The van der Waals surface area contributed by atoms with Crippen molar-refractivity contribution in [3.63, 3.8) is 0 Å². The molecule has 9 nitrogen and oxygen atoms in total. The van der Waals surface area contributed by atoms with Crippen LogP contribution in [-0.4, -0.2) is 38.1 Å². The van der Waals surface area contributed by atoms with Gasteiger partial charge >= 0.3 is 5.97 Å². The summed E-state index contributed by atoms with van der Waals surface area (Å²) in [5, 5.41) is 0. The Morgan fingerprint density at radius 2 is 1.71 bits per heavy atom. The fourth-order valence-corrected chi connectivity index (χ4v) is 5.17. The number of carbonyl (C=O) groups excluding carboxylic acids is 2. The van der Waals surface area contributed by atoms with Gasteiger partial charge in [0.2, 0.25) is 5.78 Å². The Morgan fingerprint density at radius 3 is 2.48 bits per heavy atom. The molecule has 212 valence electrons. The number of aromatic nitrogens is 1. The van der Waals surface area contributed by atoms with Crippen LogP contribution in [0.4, 0.5) is 0 Å². The summed E-state index contributed by atoms with van der Waals surface area (Å²) in [5.41, 5.74) is 3.35. The molecule has 1 unspecified atom stereocenters. The highest BCUT2D eigenvalue weighted by molar-refractivity contribution is 6.15. The second kappa shape index (κ2) is 11.3. The van der Waals surface area contributed by atoms with Gasteiger partial charge in [0.1, 0.15) is 29.6 Å². The molecular weight excluding hydrogens is 538 g/mol. The normalized spacial score (nSPS) is 16.3. The fraction of sp³-hybridized carbons (Fsp3) is 0.182. The van der Waals surface area contributed by atoms with Crippen molar-refractivity contribution in [3.8, 4) is 34.5 Å². The first kappa shape index (κ1) is 26.9. The zero-order chi connectivity index (χ0) is 29.2. The lowest BCUT2D eigenvalue weighted by Gasteiger charge is -2.26. The van der Waals surface area contributed by atoms with Crippen molar-refractivity contribution >= 4 is 17.8 Å². The molecule has 0 bridgehead atoms. The lowest BCUT2D eigenvalue weighted by atomic mass is 9.84. The van der Waals surface area contributed by atoms with Gasteiger partial charge in [0.25, 0.3) is 0 Å². The Balaban J connectivity index is 1.36. The maximum absolute atomic E-state index is 13.5. The Bertz CT molecular complexity index is 1710. The molecule has 0 radical (unpaired) electrons. The molecule has 4 aromatic rings. The number of ether oxygens (including phenoxy) is 6. The Labute approximate surface area is 242 Å². The van der Waals surface area contributed by atoms with E-state index in [1.54, 1.807) is 42.7 Å². The smallest absolute Gasteiger partial charge is 0.312 e. The van der Waals surface area contributed by atoms with Crippen LogP contribution < -0.4 is 28.4 Å². The first-order valence-electron chi connectivity index (χ1n) is 13.2. The minimum Gasteiger partial charge on any atom is -0.496 e. The largest absolute Gasteiger partial charge is 0.496 e. The molecular formula is C33H27NO8. The van der Waals surface area contributed by atoms with E-state index in [-0.39, 0.29) is 23.9 Å². The van der Waals surface area contributed by atoms with Gasteiger partial charge in [-0.1, -0.05) is 18.2 Å². The van der Waals surface area contributed by atoms with Crippen molar-refractivity contribution in [1.82, 2.24) is 4.98 Å². The number of carbonyl (C=O) groups is 2. The first-order chi connectivity index (χ1) is 20.5. The van der Waals surface area contributed by atoms with Gasteiger partial charge in [-0.3, -0.25) is 14.6 Å². The van der Waals surface area contributed by atoms with Crippen molar-refractivity contribution < 1.29 is 38.0 Å². The summed E-state index contributed by atoms with van der Waals surface area (Å²) in [6, 6.07) is 18.0. The zero-order valence-corrected chi connectivity index (χ0v) is 23.2. The summed E-state index contributed by atoms with van der Waals surface area (Å²) >= 11 is 0. The van der Waals surface area contributed by atoms with Crippen molar-refractivity contribution in [2.24, 2.45) is 0 Å².